The Bertz CT molecular complexity index is 284. The molecule has 0 bridgehead atoms. The number of thioether (sulfide) groups is 1. The molecule has 1 unspecified atom stereocenters. The maximum Gasteiger partial charge on any atom is 0.0242 e. The van der Waals surface area contributed by atoms with Gasteiger partial charge in [-0.15, -0.1) is 11.8 Å². The molecule has 0 aliphatic heterocycles. The Morgan fingerprint density at radius 1 is 1.27 bits per heavy atom. The molecule has 1 nitrogen and oxygen atoms in total. The number of benzene rings is 1. The molecular formula is C12H18BrNS. The van der Waals surface area contributed by atoms with Crippen LogP contribution in [-0.4, -0.2) is 18.8 Å². The second-order valence-corrected chi connectivity index (χ2v) is 6.14. The van der Waals surface area contributed by atoms with E-state index in [2.05, 4.69) is 59.4 Å². The molecule has 0 spiro atoms. The van der Waals surface area contributed by atoms with E-state index >= 15 is 0 Å². The first-order valence-corrected chi connectivity index (χ1v) is 6.87. The predicted octanol–water partition coefficient (Wildman–Crippen LogP) is 3.79. The molecule has 0 aromatic heterocycles. The van der Waals surface area contributed by atoms with Gasteiger partial charge in [0.15, 0.2) is 0 Å². The third kappa shape index (κ3) is 4.58. The van der Waals surface area contributed by atoms with Crippen molar-refractivity contribution in [3.63, 3.8) is 0 Å². The van der Waals surface area contributed by atoms with Gasteiger partial charge in [-0.25, -0.2) is 0 Å². The molecule has 0 aliphatic rings. The molecule has 0 saturated heterocycles. The maximum atomic E-state index is 3.45. The van der Waals surface area contributed by atoms with Gasteiger partial charge in [0.2, 0.25) is 0 Å². The highest BCUT2D eigenvalue weighted by Crippen LogP contribution is 2.28. The van der Waals surface area contributed by atoms with Gasteiger partial charge in [-0.1, -0.05) is 29.8 Å². The molecular weight excluding hydrogens is 270 g/mol. The summed E-state index contributed by atoms with van der Waals surface area (Å²) in [4.78, 5) is 1.34. The van der Waals surface area contributed by atoms with E-state index in [0.29, 0.717) is 11.2 Å². The molecule has 1 aromatic carbocycles. The van der Waals surface area contributed by atoms with Crippen molar-refractivity contribution in [2.75, 3.05) is 13.6 Å². The van der Waals surface area contributed by atoms with Crippen molar-refractivity contribution >= 4 is 27.7 Å². The zero-order valence-corrected chi connectivity index (χ0v) is 11.9. The summed E-state index contributed by atoms with van der Waals surface area (Å²) in [7, 11) is 2.01. The van der Waals surface area contributed by atoms with Gasteiger partial charge < -0.3 is 5.32 Å². The van der Waals surface area contributed by atoms with Gasteiger partial charge >= 0.3 is 0 Å². The fourth-order valence-electron chi connectivity index (χ4n) is 1.30. The summed E-state index contributed by atoms with van der Waals surface area (Å²) in [5.74, 6) is 0.686. The highest BCUT2D eigenvalue weighted by Gasteiger charge is 2.13. The van der Waals surface area contributed by atoms with Crippen LogP contribution in [0.15, 0.2) is 33.6 Å². The number of rotatable bonds is 5. The summed E-state index contributed by atoms with van der Waals surface area (Å²) in [6, 6.07) is 8.53. The lowest BCUT2D eigenvalue weighted by Gasteiger charge is -2.19. The topological polar surface area (TPSA) is 12.0 Å². The van der Waals surface area contributed by atoms with Crippen LogP contribution in [0.25, 0.3) is 0 Å². The van der Waals surface area contributed by atoms with Crippen molar-refractivity contribution < 1.29 is 0 Å². The van der Waals surface area contributed by atoms with Gasteiger partial charge in [-0.05, 0) is 37.2 Å². The molecule has 15 heavy (non-hydrogen) atoms. The van der Waals surface area contributed by atoms with Crippen LogP contribution in [0, 0.1) is 5.92 Å². The average molecular weight is 288 g/mol. The first-order chi connectivity index (χ1) is 7.13. The summed E-state index contributed by atoms with van der Waals surface area (Å²) in [5, 5.41) is 3.89. The Morgan fingerprint density at radius 3 is 2.33 bits per heavy atom. The molecule has 0 amide bonds. The first kappa shape index (κ1) is 13.1. The van der Waals surface area contributed by atoms with Crippen molar-refractivity contribution in [1.29, 1.82) is 0 Å². The Labute approximate surface area is 105 Å². The fraction of sp³-hybridized carbons (Fsp3) is 0.500. The normalized spacial score (nSPS) is 13.1. The molecule has 0 radical (unpaired) electrons. The van der Waals surface area contributed by atoms with E-state index in [0.717, 1.165) is 11.0 Å². The smallest absolute Gasteiger partial charge is 0.0242 e. The third-order valence-electron chi connectivity index (χ3n) is 2.25. The molecule has 1 atom stereocenters. The van der Waals surface area contributed by atoms with E-state index in [9.17, 15) is 0 Å². The molecule has 84 valence electrons. The highest BCUT2D eigenvalue weighted by molar-refractivity contribution is 9.10. The summed E-state index contributed by atoms with van der Waals surface area (Å²) >= 11 is 5.40. The predicted molar refractivity (Wildman–Crippen MR) is 72.6 cm³/mol. The van der Waals surface area contributed by atoms with E-state index in [4.69, 9.17) is 0 Å². The molecule has 1 N–H and O–H groups in total. The first-order valence-electron chi connectivity index (χ1n) is 5.20. The van der Waals surface area contributed by atoms with Gasteiger partial charge in [0.05, 0.1) is 0 Å². The van der Waals surface area contributed by atoms with E-state index in [-0.39, 0.29) is 0 Å². The molecule has 0 saturated carbocycles. The third-order valence-corrected chi connectivity index (χ3v) is 4.34. The van der Waals surface area contributed by atoms with Gasteiger partial charge in [0, 0.05) is 21.2 Å². The number of hydrogen-bond acceptors (Lipinski definition) is 2. The Hall–Kier alpha value is 0.01000. The average Bonchev–Trinajstić information content (AvgIpc) is 2.20. The van der Waals surface area contributed by atoms with Crippen LogP contribution in [0.4, 0.5) is 0 Å². The van der Waals surface area contributed by atoms with E-state index in [1.165, 1.54) is 4.90 Å². The second-order valence-electron chi connectivity index (χ2n) is 3.91. The van der Waals surface area contributed by atoms with Crippen molar-refractivity contribution in [1.82, 2.24) is 5.32 Å². The standard InChI is InChI=1S/C12H18BrNS/c1-9(2)12(8-14-3)15-11-6-4-10(13)5-7-11/h4-7,9,12,14H,8H2,1-3H3. The largest absolute Gasteiger partial charge is 0.319 e. The zero-order valence-electron chi connectivity index (χ0n) is 9.46. The van der Waals surface area contributed by atoms with Crippen LogP contribution < -0.4 is 5.32 Å². The van der Waals surface area contributed by atoms with Crippen LogP contribution in [0.2, 0.25) is 0 Å². The maximum absolute atomic E-state index is 3.45. The minimum absolute atomic E-state index is 0.635. The van der Waals surface area contributed by atoms with Crippen LogP contribution in [-0.2, 0) is 0 Å². The lowest BCUT2D eigenvalue weighted by atomic mass is 10.1. The SMILES string of the molecule is CNCC(Sc1ccc(Br)cc1)C(C)C. The van der Waals surface area contributed by atoms with Gasteiger partial charge in [0.1, 0.15) is 0 Å². The number of halogens is 1. The molecule has 1 rings (SSSR count). The summed E-state index contributed by atoms with van der Waals surface area (Å²) in [6.07, 6.45) is 0. The second kappa shape index (κ2) is 6.56. The van der Waals surface area contributed by atoms with Gasteiger partial charge in [-0.2, -0.15) is 0 Å². The number of hydrogen-bond donors (Lipinski definition) is 1. The zero-order chi connectivity index (χ0) is 11.3. The lowest BCUT2D eigenvalue weighted by Crippen LogP contribution is -2.25. The van der Waals surface area contributed by atoms with Gasteiger partial charge in [-0.3, -0.25) is 0 Å². The van der Waals surface area contributed by atoms with E-state index in [1.807, 2.05) is 18.8 Å². The molecule has 0 heterocycles. The minimum atomic E-state index is 0.635. The van der Waals surface area contributed by atoms with Crippen LogP contribution in [0.3, 0.4) is 0 Å². The molecule has 0 fully saturated rings. The van der Waals surface area contributed by atoms with Gasteiger partial charge in [0.25, 0.3) is 0 Å². The van der Waals surface area contributed by atoms with Crippen LogP contribution in [0.1, 0.15) is 13.8 Å². The van der Waals surface area contributed by atoms with Crippen molar-refractivity contribution in [2.24, 2.45) is 5.92 Å². The molecule has 0 aliphatic carbocycles. The highest BCUT2D eigenvalue weighted by atomic mass is 79.9. The monoisotopic (exact) mass is 287 g/mol. The Balaban J connectivity index is 2.61. The quantitative estimate of drug-likeness (QED) is 0.827. The fourth-order valence-corrected chi connectivity index (χ4v) is 2.73. The van der Waals surface area contributed by atoms with Crippen molar-refractivity contribution in [3.8, 4) is 0 Å². The van der Waals surface area contributed by atoms with E-state index < -0.39 is 0 Å². The number of nitrogens with one attached hydrogen (secondary N) is 1. The van der Waals surface area contributed by atoms with Crippen LogP contribution >= 0.6 is 27.7 Å². The van der Waals surface area contributed by atoms with Crippen LogP contribution in [0.5, 0.6) is 0 Å². The Kier molecular flexibility index (Phi) is 5.72. The summed E-state index contributed by atoms with van der Waals surface area (Å²) in [5.41, 5.74) is 0. The minimum Gasteiger partial charge on any atom is -0.319 e. The summed E-state index contributed by atoms with van der Waals surface area (Å²) in [6.45, 7) is 5.60. The Morgan fingerprint density at radius 2 is 1.87 bits per heavy atom. The molecule has 1 aromatic rings. The lowest BCUT2D eigenvalue weighted by molar-refractivity contribution is 0.579. The van der Waals surface area contributed by atoms with Crippen molar-refractivity contribution in [2.45, 2.75) is 24.0 Å². The van der Waals surface area contributed by atoms with E-state index in [1.54, 1.807) is 0 Å². The van der Waals surface area contributed by atoms with Crippen molar-refractivity contribution in [3.05, 3.63) is 28.7 Å². The summed E-state index contributed by atoms with van der Waals surface area (Å²) < 4.78 is 1.14. The molecule has 3 heteroatoms.